The summed E-state index contributed by atoms with van der Waals surface area (Å²) in [4.78, 5) is 9.65. The van der Waals surface area contributed by atoms with Crippen molar-refractivity contribution in [3.05, 3.63) is 64.4 Å². The molecule has 0 radical (unpaired) electrons. The molecular formula is C23H31ClFNO3PS+. The van der Waals surface area contributed by atoms with Crippen molar-refractivity contribution in [3.8, 4) is 0 Å². The second kappa shape index (κ2) is 13.5. The molecule has 0 aliphatic heterocycles. The monoisotopic (exact) mass is 486 g/mol. The quantitative estimate of drug-likeness (QED) is 0.173. The first-order valence-electron chi connectivity index (χ1n) is 10.4. The Morgan fingerprint density at radius 3 is 2.58 bits per heavy atom. The molecule has 1 atom stereocenters. The number of thioether (sulfide) groups is 1. The van der Waals surface area contributed by atoms with Gasteiger partial charge in [0.1, 0.15) is 12.4 Å². The van der Waals surface area contributed by atoms with E-state index in [1.54, 1.807) is 11.8 Å². The van der Waals surface area contributed by atoms with Crippen LogP contribution in [0.5, 0.6) is 0 Å². The van der Waals surface area contributed by atoms with Crippen molar-refractivity contribution in [1.29, 1.82) is 0 Å². The van der Waals surface area contributed by atoms with Crippen LogP contribution in [0.2, 0.25) is 5.02 Å². The zero-order valence-corrected chi connectivity index (χ0v) is 20.5. The molecule has 0 aromatic heterocycles. The van der Waals surface area contributed by atoms with Gasteiger partial charge in [0.25, 0.3) is 0 Å². The van der Waals surface area contributed by atoms with E-state index in [-0.39, 0.29) is 17.8 Å². The summed E-state index contributed by atoms with van der Waals surface area (Å²) >= 11 is 8.22. The molecule has 4 nitrogen and oxygen atoms in total. The SMILES string of the molecule is CC(C)(CCCCSc1ccc(CNCCCO[P+](=O)O)cc1Cl)c1ccc(F)cc1. The lowest BCUT2D eigenvalue weighted by Crippen LogP contribution is -2.17. The molecule has 2 N–H and O–H groups in total. The van der Waals surface area contributed by atoms with Crippen LogP contribution < -0.4 is 5.32 Å². The molecule has 2 aromatic rings. The summed E-state index contributed by atoms with van der Waals surface area (Å²) in [6.07, 6.45) is 3.92. The molecule has 2 aromatic carbocycles. The Morgan fingerprint density at radius 2 is 1.90 bits per heavy atom. The zero-order valence-electron chi connectivity index (χ0n) is 18.1. The molecule has 0 fully saturated rings. The zero-order chi connectivity index (χ0) is 22.7. The highest BCUT2D eigenvalue weighted by Gasteiger charge is 2.19. The standard InChI is InChI=1S/C23H30ClFNO3PS/c1-23(2,19-7-9-20(25)10-8-19)12-3-4-15-31-22-11-6-18(16-21(22)24)17-26-13-5-14-29-30(27)28/h6-11,16,26H,3-5,12-15,17H2,1-2H3/p+1. The van der Waals surface area contributed by atoms with E-state index in [4.69, 9.17) is 16.5 Å². The Labute approximate surface area is 194 Å². The maximum atomic E-state index is 13.1. The van der Waals surface area contributed by atoms with E-state index in [0.717, 1.165) is 40.5 Å². The van der Waals surface area contributed by atoms with Gasteiger partial charge in [-0.1, -0.05) is 50.1 Å². The summed E-state index contributed by atoms with van der Waals surface area (Å²) in [5.41, 5.74) is 2.31. The van der Waals surface area contributed by atoms with Gasteiger partial charge in [0.05, 0.1) is 5.02 Å². The number of nitrogens with one attached hydrogen (secondary N) is 1. The van der Waals surface area contributed by atoms with Crippen molar-refractivity contribution in [3.63, 3.8) is 0 Å². The average Bonchev–Trinajstić information content (AvgIpc) is 2.71. The molecule has 2 rings (SSSR count). The topological polar surface area (TPSA) is 58.6 Å². The van der Waals surface area contributed by atoms with Crippen molar-refractivity contribution in [2.45, 2.75) is 56.4 Å². The fourth-order valence-electron chi connectivity index (χ4n) is 3.24. The average molecular weight is 487 g/mol. The van der Waals surface area contributed by atoms with E-state index in [1.165, 1.54) is 17.7 Å². The predicted octanol–water partition coefficient (Wildman–Crippen LogP) is 6.87. The molecule has 8 heteroatoms. The number of rotatable bonds is 14. The number of halogens is 2. The van der Waals surface area contributed by atoms with Crippen LogP contribution in [0.15, 0.2) is 47.4 Å². The Kier molecular flexibility index (Phi) is 11.4. The lowest BCUT2D eigenvalue weighted by molar-refractivity contribution is 0.276. The van der Waals surface area contributed by atoms with E-state index in [1.807, 2.05) is 18.2 Å². The first kappa shape index (κ1) is 26.2. The third kappa shape index (κ3) is 9.98. The van der Waals surface area contributed by atoms with Gasteiger partial charge in [0.15, 0.2) is 0 Å². The molecule has 0 heterocycles. The largest absolute Gasteiger partial charge is 0.694 e. The van der Waals surface area contributed by atoms with E-state index in [2.05, 4.69) is 35.8 Å². The van der Waals surface area contributed by atoms with Crippen LogP contribution in [0.25, 0.3) is 0 Å². The second-order valence-electron chi connectivity index (χ2n) is 8.06. The Balaban J connectivity index is 1.66. The van der Waals surface area contributed by atoms with Crippen molar-refractivity contribution >= 4 is 31.6 Å². The van der Waals surface area contributed by atoms with Gasteiger partial charge < -0.3 is 5.32 Å². The molecule has 1 unspecified atom stereocenters. The lowest BCUT2D eigenvalue weighted by atomic mass is 9.80. The fourth-order valence-corrected chi connectivity index (χ4v) is 4.82. The smallest absolute Gasteiger partial charge is 0.313 e. The molecule has 31 heavy (non-hydrogen) atoms. The summed E-state index contributed by atoms with van der Waals surface area (Å²) in [5, 5.41) is 4.03. The molecule has 0 amide bonds. The summed E-state index contributed by atoms with van der Waals surface area (Å²) in [6, 6.07) is 12.9. The fraction of sp³-hybridized carbons (Fsp3) is 0.478. The van der Waals surface area contributed by atoms with Gasteiger partial charge in [-0.05, 0) is 72.4 Å². The first-order chi connectivity index (χ1) is 14.8. The molecule has 0 saturated heterocycles. The second-order valence-corrected chi connectivity index (χ2v) is 10.3. The Bertz CT molecular complexity index is 836. The van der Waals surface area contributed by atoms with Crippen LogP contribution in [0.3, 0.4) is 0 Å². The molecular weight excluding hydrogens is 456 g/mol. The third-order valence-electron chi connectivity index (χ3n) is 5.10. The van der Waals surface area contributed by atoms with E-state index in [9.17, 15) is 8.96 Å². The van der Waals surface area contributed by atoms with Gasteiger partial charge in [-0.3, -0.25) is 0 Å². The van der Waals surface area contributed by atoms with Crippen molar-refractivity contribution < 1.29 is 18.4 Å². The number of hydrogen-bond acceptors (Lipinski definition) is 4. The van der Waals surface area contributed by atoms with Crippen LogP contribution in [0.4, 0.5) is 4.39 Å². The highest BCUT2D eigenvalue weighted by atomic mass is 35.5. The van der Waals surface area contributed by atoms with E-state index in [0.29, 0.717) is 19.5 Å². The van der Waals surface area contributed by atoms with Crippen LogP contribution in [-0.2, 0) is 21.0 Å². The van der Waals surface area contributed by atoms with Crippen molar-refractivity contribution in [1.82, 2.24) is 5.32 Å². The minimum Gasteiger partial charge on any atom is -0.313 e. The number of unbranched alkanes of at least 4 members (excludes halogenated alkanes) is 1. The van der Waals surface area contributed by atoms with Gasteiger partial charge >= 0.3 is 8.25 Å². The van der Waals surface area contributed by atoms with E-state index < -0.39 is 8.25 Å². The minimum absolute atomic E-state index is 0.0342. The van der Waals surface area contributed by atoms with Crippen molar-refractivity contribution in [2.24, 2.45) is 0 Å². The summed E-state index contributed by atoms with van der Waals surface area (Å²) in [7, 11) is -2.51. The summed E-state index contributed by atoms with van der Waals surface area (Å²) in [5.74, 6) is 0.811. The molecule has 0 spiro atoms. The van der Waals surface area contributed by atoms with Gasteiger partial charge in [0.2, 0.25) is 0 Å². The van der Waals surface area contributed by atoms with Crippen molar-refractivity contribution in [2.75, 3.05) is 18.9 Å². The van der Waals surface area contributed by atoms with Crippen LogP contribution >= 0.6 is 31.6 Å². The Morgan fingerprint density at radius 1 is 1.16 bits per heavy atom. The molecule has 0 aliphatic rings. The molecule has 0 bridgehead atoms. The minimum atomic E-state index is -2.51. The molecule has 0 aliphatic carbocycles. The molecule has 170 valence electrons. The summed E-state index contributed by atoms with van der Waals surface area (Å²) in [6.45, 7) is 6.06. The predicted molar refractivity (Wildman–Crippen MR) is 128 cm³/mol. The highest BCUT2D eigenvalue weighted by Crippen LogP contribution is 2.32. The van der Waals surface area contributed by atoms with Gasteiger partial charge in [-0.15, -0.1) is 21.2 Å². The normalized spacial score (nSPS) is 12.2. The van der Waals surface area contributed by atoms with Crippen LogP contribution in [0.1, 0.15) is 50.7 Å². The maximum Gasteiger partial charge on any atom is 0.694 e. The van der Waals surface area contributed by atoms with Gasteiger partial charge in [-0.25, -0.2) is 4.39 Å². The lowest BCUT2D eigenvalue weighted by Gasteiger charge is -2.25. The first-order valence-corrected chi connectivity index (χ1v) is 12.9. The van der Waals surface area contributed by atoms with Crippen LogP contribution in [0, 0.1) is 5.82 Å². The Hall–Kier alpha value is -1.01. The highest BCUT2D eigenvalue weighted by molar-refractivity contribution is 7.99. The van der Waals surface area contributed by atoms with Gasteiger partial charge in [-0.2, -0.15) is 0 Å². The van der Waals surface area contributed by atoms with Gasteiger partial charge in [0, 0.05) is 16.0 Å². The summed E-state index contributed by atoms with van der Waals surface area (Å²) < 4.78 is 28.2. The van der Waals surface area contributed by atoms with Crippen LogP contribution in [-0.4, -0.2) is 23.8 Å². The molecule has 0 saturated carbocycles. The number of hydrogen-bond donors (Lipinski definition) is 2. The number of benzene rings is 2. The van der Waals surface area contributed by atoms with E-state index >= 15 is 0 Å². The maximum absolute atomic E-state index is 13.1. The third-order valence-corrected chi connectivity index (χ3v) is 7.09.